The van der Waals surface area contributed by atoms with E-state index in [1.165, 1.54) is 28.3 Å². The molecule has 1 unspecified atom stereocenters. The van der Waals surface area contributed by atoms with E-state index in [0.29, 0.717) is 60.2 Å². The summed E-state index contributed by atoms with van der Waals surface area (Å²) in [6.07, 6.45) is 5.10. The molecule has 2 saturated heterocycles. The quantitative estimate of drug-likeness (QED) is 0.110. The summed E-state index contributed by atoms with van der Waals surface area (Å²) in [6.45, 7) is 3.74. The number of nitrogens with zero attached hydrogens (tertiary/aromatic N) is 8. The van der Waals surface area contributed by atoms with Crippen molar-refractivity contribution < 1.29 is 37.1 Å². The van der Waals surface area contributed by atoms with Gasteiger partial charge in [-0.15, -0.1) is 0 Å². The Morgan fingerprint density at radius 2 is 1.88 bits per heavy atom. The zero-order chi connectivity index (χ0) is 46.1. The molecule has 18 nitrogen and oxygen atoms in total. The van der Waals surface area contributed by atoms with E-state index < -0.39 is 30.0 Å². The van der Waals surface area contributed by atoms with Crippen molar-refractivity contribution in [2.45, 2.75) is 57.1 Å². The molecule has 3 fully saturated rings. The van der Waals surface area contributed by atoms with Crippen LogP contribution < -0.4 is 21.6 Å². The maximum atomic E-state index is 14.2. The molecule has 3 N–H and O–H groups in total. The Morgan fingerprint density at radius 3 is 2.65 bits per heavy atom. The normalized spacial score (nSPS) is 17.9. The van der Waals surface area contributed by atoms with Crippen molar-refractivity contribution in [3.8, 4) is 17.1 Å². The number of oxazole rings is 1. The van der Waals surface area contributed by atoms with E-state index in [0.717, 1.165) is 43.4 Å². The van der Waals surface area contributed by atoms with E-state index in [2.05, 4.69) is 35.9 Å². The fourth-order valence-corrected chi connectivity index (χ4v) is 8.61. The third-order valence-electron chi connectivity index (χ3n) is 12.3. The first-order valence-corrected chi connectivity index (χ1v) is 22.0. The number of hydrogen-bond donors (Lipinski definition) is 3. The number of morpholine rings is 1. The SMILES string of the molecule is CN(C[C@@H]1CN(CCCc2cccc3c2n(C)c(=O)n3C2CCC(=O)NC2=O)CCO1)C(=O)c1ccc(-n2cc(NC(=O)c3coc(-c4ccnc(NCC5CC5)c4)n3)c(C(F)F)n2)cc1. The van der Waals surface area contributed by atoms with Gasteiger partial charge < -0.3 is 24.7 Å². The summed E-state index contributed by atoms with van der Waals surface area (Å²) < 4.78 is 44.2. The fraction of sp³-hybridized carbons (Fsp3) is 0.391. The van der Waals surface area contributed by atoms with Crippen LogP contribution in [0.4, 0.5) is 20.3 Å². The number of benzene rings is 2. The number of nitrogens with one attached hydrogen (secondary N) is 3. The smallest absolute Gasteiger partial charge is 0.329 e. The molecule has 1 saturated carbocycles. The van der Waals surface area contributed by atoms with Gasteiger partial charge in [0.25, 0.3) is 18.2 Å². The molecule has 3 aliphatic rings. The Hall–Kier alpha value is -7.06. The number of carbonyl (C=O) groups excluding carboxylic acids is 4. The summed E-state index contributed by atoms with van der Waals surface area (Å²) in [5.41, 5.74) is 2.51. The number of hydrogen-bond acceptors (Lipinski definition) is 12. The molecule has 0 radical (unpaired) electrons. The predicted molar refractivity (Wildman–Crippen MR) is 237 cm³/mol. The minimum Gasteiger partial charge on any atom is -0.444 e. The number of aryl methyl sites for hydroxylation is 2. The molecule has 0 bridgehead atoms. The second-order valence-corrected chi connectivity index (χ2v) is 17.0. The van der Waals surface area contributed by atoms with Gasteiger partial charge in [-0.05, 0) is 92.6 Å². The monoisotopic (exact) mass is 905 g/mol. The number of imidazole rings is 1. The minimum absolute atomic E-state index is 0.109. The lowest BCUT2D eigenvalue weighted by Crippen LogP contribution is -2.48. The summed E-state index contributed by atoms with van der Waals surface area (Å²) >= 11 is 0. The Morgan fingerprint density at radius 1 is 1.06 bits per heavy atom. The van der Waals surface area contributed by atoms with Crippen molar-refractivity contribution in [2.24, 2.45) is 13.0 Å². The maximum absolute atomic E-state index is 14.2. The number of halogens is 2. The largest absolute Gasteiger partial charge is 0.444 e. The number of amides is 4. The summed E-state index contributed by atoms with van der Waals surface area (Å²) in [5.74, 6) is -0.349. The number of alkyl halides is 2. The average molecular weight is 906 g/mol. The number of piperidine rings is 1. The number of rotatable bonds is 16. The summed E-state index contributed by atoms with van der Waals surface area (Å²) in [5, 5.41) is 12.2. The first-order chi connectivity index (χ1) is 31.9. The Balaban J connectivity index is 0.782. The third-order valence-corrected chi connectivity index (χ3v) is 12.3. The zero-order valence-electron chi connectivity index (χ0n) is 36.4. The van der Waals surface area contributed by atoms with Crippen molar-refractivity contribution in [3.05, 3.63) is 106 Å². The number of aromatic nitrogens is 6. The van der Waals surface area contributed by atoms with Gasteiger partial charge in [-0.3, -0.25) is 38.5 Å². The van der Waals surface area contributed by atoms with Crippen molar-refractivity contribution in [1.29, 1.82) is 0 Å². The van der Waals surface area contributed by atoms with Crippen LogP contribution in [0.15, 0.2) is 82.5 Å². The topological polar surface area (TPSA) is 204 Å². The number of para-hydroxylation sites is 1. The molecule has 2 aliphatic heterocycles. The van der Waals surface area contributed by atoms with Crippen LogP contribution >= 0.6 is 0 Å². The van der Waals surface area contributed by atoms with Gasteiger partial charge in [0.05, 0.1) is 41.3 Å². The number of likely N-dealkylation sites (N-methyl/N-ethyl adjacent to an activating group) is 1. The van der Waals surface area contributed by atoms with Gasteiger partial charge in [0.2, 0.25) is 17.7 Å². The Bertz CT molecular complexity index is 2850. The zero-order valence-corrected chi connectivity index (χ0v) is 36.4. The molecule has 9 rings (SSSR count). The van der Waals surface area contributed by atoms with Crippen molar-refractivity contribution in [3.63, 3.8) is 0 Å². The molecule has 20 heteroatoms. The molecule has 6 heterocycles. The van der Waals surface area contributed by atoms with Crippen molar-refractivity contribution in [2.75, 3.05) is 57.0 Å². The number of carbonyl (C=O) groups is 4. The van der Waals surface area contributed by atoms with Gasteiger partial charge >= 0.3 is 5.69 Å². The van der Waals surface area contributed by atoms with Crippen molar-refractivity contribution >= 4 is 46.2 Å². The van der Waals surface area contributed by atoms with Gasteiger partial charge in [0.15, 0.2) is 11.4 Å². The van der Waals surface area contributed by atoms with Crippen LogP contribution in [0, 0.1) is 5.92 Å². The minimum atomic E-state index is -3.00. The molecule has 4 amide bonds. The predicted octanol–water partition coefficient (Wildman–Crippen LogP) is 4.97. The van der Waals surface area contributed by atoms with Crippen LogP contribution in [-0.2, 0) is 27.8 Å². The molecule has 66 heavy (non-hydrogen) atoms. The standard InChI is InChI=1S/C46H49F2N11O7/c1-55(23-32-24-57(19-20-65-32)18-4-6-28-5-3-7-35-40(28)56(2)46(64)59(35)36-14-15-38(60)53-43(36)62)45(63)29-10-12-31(13-11-29)58-25-33(39(54-58)41(47)48)51-42(61)34-26-66-44(52-34)30-16-17-49-37(21-30)50-22-27-8-9-27/h3,5,7,10-13,16-17,21,25-27,32,36,41H,4,6,8-9,14-15,18-20,22-24H2,1-2H3,(H,49,50)(H,51,61)(H,53,60,62)/t32-,36?/m1/s1. The second kappa shape index (κ2) is 18.8. The highest BCUT2D eigenvalue weighted by atomic mass is 19.3. The van der Waals surface area contributed by atoms with E-state index in [1.807, 2.05) is 18.2 Å². The Kier molecular flexibility index (Phi) is 12.6. The molecule has 6 aromatic rings. The third kappa shape index (κ3) is 9.50. The van der Waals surface area contributed by atoms with Crippen LogP contribution in [-0.4, -0.2) is 115 Å². The van der Waals surface area contributed by atoms with E-state index in [9.17, 15) is 32.8 Å². The van der Waals surface area contributed by atoms with Gasteiger partial charge in [-0.1, -0.05) is 12.1 Å². The van der Waals surface area contributed by atoms with Gasteiger partial charge in [0.1, 0.15) is 18.1 Å². The average Bonchev–Trinajstić information content (AvgIpc) is 3.72. The van der Waals surface area contributed by atoms with E-state index in [-0.39, 0.29) is 53.7 Å². The summed E-state index contributed by atoms with van der Waals surface area (Å²) in [7, 11) is 3.39. The fourth-order valence-electron chi connectivity index (χ4n) is 8.61. The number of ether oxygens (including phenoxy) is 1. The lowest BCUT2D eigenvalue weighted by molar-refractivity contribution is -0.135. The van der Waals surface area contributed by atoms with Gasteiger partial charge in [-0.25, -0.2) is 28.2 Å². The van der Waals surface area contributed by atoms with E-state index >= 15 is 0 Å². The summed E-state index contributed by atoms with van der Waals surface area (Å²) in [4.78, 5) is 77.0. The number of imide groups is 1. The number of pyridine rings is 1. The lowest BCUT2D eigenvalue weighted by atomic mass is 10.0. The molecular formula is C46H49F2N11O7. The molecular weight excluding hydrogens is 857 g/mol. The lowest BCUT2D eigenvalue weighted by Gasteiger charge is -2.35. The maximum Gasteiger partial charge on any atom is 0.329 e. The molecule has 2 atom stereocenters. The van der Waals surface area contributed by atoms with Gasteiger partial charge in [0, 0.05) is 64.0 Å². The van der Waals surface area contributed by atoms with Crippen LogP contribution in [0.25, 0.3) is 28.2 Å². The molecule has 2 aromatic carbocycles. The molecule has 1 aliphatic carbocycles. The highest BCUT2D eigenvalue weighted by molar-refractivity contribution is 6.03. The number of anilines is 2. The van der Waals surface area contributed by atoms with Crippen LogP contribution in [0.1, 0.15) is 76.7 Å². The first kappa shape index (κ1) is 44.2. The highest BCUT2D eigenvalue weighted by Crippen LogP contribution is 2.31. The van der Waals surface area contributed by atoms with E-state index in [4.69, 9.17) is 9.15 Å². The number of fused-ring (bicyclic) bond motifs is 1. The Labute approximate surface area is 376 Å². The first-order valence-electron chi connectivity index (χ1n) is 22.0. The van der Waals surface area contributed by atoms with Gasteiger partial charge in [-0.2, -0.15) is 5.10 Å². The van der Waals surface area contributed by atoms with Crippen LogP contribution in [0.3, 0.4) is 0 Å². The second-order valence-electron chi connectivity index (χ2n) is 17.0. The molecule has 4 aromatic heterocycles. The van der Waals surface area contributed by atoms with Crippen molar-refractivity contribution in [1.82, 2.24) is 44.0 Å². The highest BCUT2D eigenvalue weighted by Gasteiger charge is 2.32. The molecule has 344 valence electrons. The molecule has 0 spiro atoms. The van der Waals surface area contributed by atoms with Crippen LogP contribution in [0.2, 0.25) is 0 Å². The van der Waals surface area contributed by atoms with Crippen LogP contribution in [0.5, 0.6) is 0 Å². The summed E-state index contributed by atoms with van der Waals surface area (Å²) in [6, 6.07) is 14.8. The van der Waals surface area contributed by atoms with E-state index in [1.54, 1.807) is 66.2 Å².